The number of aryl methyl sites for hydroxylation is 1. The Bertz CT molecular complexity index is 640. The number of rotatable bonds is 7. The maximum absolute atomic E-state index is 13.4. The van der Waals surface area contributed by atoms with Gasteiger partial charge in [0.05, 0.1) is 20.3 Å². The van der Waals surface area contributed by atoms with E-state index in [1.54, 1.807) is 32.4 Å². The Morgan fingerprint density at radius 1 is 1.13 bits per heavy atom. The van der Waals surface area contributed by atoms with Gasteiger partial charge in [-0.15, -0.1) is 0 Å². The topological polar surface area (TPSA) is 50.7 Å². The van der Waals surface area contributed by atoms with Crippen LogP contribution in [-0.4, -0.2) is 25.9 Å². The van der Waals surface area contributed by atoms with Gasteiger partial charge < -0.3 is 19.9 Å². The van der Waals surface area contributed by atoms with Gasteiger partial charge in [-0.3, -0.25) is 0 Å². The molecule has 23 heavy (non-hydrogen) atoms. The lowest BCUT2D eigenvalue weighted by Crippen LogP contribution is -2.21. The van der Waals surface area contributed by atoms with E-state index in [-0.39, 0.29) is 5.82 Å². The van der Waals surface area contributed by atoms with Crippen LogP contribution in [0.4, 0.5) is 4.39 Å². The second kappa shape index (κ2) is 7.94. The Kier molecular flexibility index (Phi) is 5.96. The maximum atomic E-state index is 13.4. The quantitative estimate of drug-likeness (QED) is 0.824. The molecule has 0 radical (unpaired) electrons. The van der Waals surface area contributed by atoms with Crippen molar-refractivity contribution in [2.24, 2.45) is 0 Å². The molecule has 0 fully saturated rings. The summed E-state index contributed by atoms with van der Waals surface area (Å²) < 4.78 is 23.8. The Morgan fingerprint density at radius 3 is 2.57 bits per heavy atom. The van der Waals surface area contributed by atoms with Crippen molar-refractivity contribution in [3.8, 4) is 11.5 Å². The maximum Gasteiger partial charge on any atom is 0.124 e. The van der Waals surface area contributed by atoms with E-state index in [4.69, 9.17) is 9.47 Å². The first kappa shape index (κ1) is 17.2. The normalized spacial score (nSPS) is 12.0. The van der Waals surface area contributed by atoms with Crippen molar-refractivity contribution in [3.05, 3.63) is 58.9 Å². The van der Waals surface area contributed by atoms with Crippen molar-refractivity contribution in [2.45, 2.75) is 19.6 Å². The molecule has 2 rings (SSSR count). The third kappa shape index (κ3) is 4.68. The van der Waals surface area contributed by atoms with Crippen molar-refractivity contribution in [2.75, 3.05) is 20.8 Å². The summed E-state index contributed by atoms with van der Waals surface area (Å²) >= 11 is 0. The van der Waals surface area contributed by atoms with Crippen LogP contribution in [0, 0.1) is 12.7 Å². The highest BCUT2D eigenvalue weighted by molar-refractivity contribution is 5.41. The van der Waals surface area contributed by atoms with Crippen molar-refractivity contribution in [1.82, 2.24) is 5.32 Å². The molecule has 0 aromatic heterocycles. The van der Waals surface area contributed by atoms with Crippen molar-refractivity contribution in [3.63, 3.8) is 0 Å². The second-order valence-corrected chi connectivity index (χ2v) is 5.39. The van der Waals surface area contributed by atoms with E-state index < -0.39 is 6.10 Å². The number of aliphatic hydroxyl groups is 1. The summed E-state index contributed by atoms with van der Waals surface area (Å²) in [5.74, 6) is 0.999. The molecule has 0 heterocycles. The van der Waals surface area contributed by atoms with Gasteiger partial charge in [-0.2, -0.15) is 0 Å². The minimum Gasteiger partial charge on any atom is -0.497 e. The molecule has 124 valence electrons. The van der Waals surface area contributed by atoms with Gasteiger partial charge in [0.1, 0.15) is 17.3 Å². The average Bonchev–Trinajstić information content (AvgIpc) is 2.53. The van der Waals surface area contributed by atoms with Crippen LogP contribution in [0.25, 0.3) is 0 Å². The van der Waals surface area contributed by atoms with Crippen molar-refractivity contribution >= 4 is 0 Å². The summed E-state index contributed by atoms with van der Waals surface area (Å²) in [7, 11) is 3.13. The van der Waals surface area contributed by atoms with Gasteiger partial charge >= 0.3 is 0 Å². The molecule has 0 aliphatic rings. The van der Waals surface area contributed by atoms with Crippen LogP contribution in [-0.2, 0) is 6.54 Å². The number of halogens is 1. The number of hydrogen-bond donors (Lipinski definition) is 2. The zero-order valence-electron chi connectivity index (χ0n) is 13.6. The van der Waals surface area contributed by atoms with E-state index in [1.165, 1.54) is 12.1 Å². The predicted octanol–water partition coefficient (Wildman–Crippen LogP) is 2.97. The molecule has 0 aliphatic heterocycles. The standard InChI is InChI=1S/C18H22FNO3/c1-12-6-13(8-14(19)7-12)10-20-11-17(21)16-9-15(22-2)4-5-18(16)23-3/h4-9,17,20-21H,10-11H2,1-3H3/t17-/m0/s1. The summed E-state index contributed by atoms with van der Waals surface area (Å²) in [6, 6.07) is 10.2. The number of benzene rings is 2. The van der Waals surface area contributed by atoms with Gasteiger partial charge in [0.25, 0.3) is 0 Å². The van der Waals surface area contributed by atoms with Gasteiger partial charge in [0, 0.05) is 18.7 Å². The van der Waals surface area contributed by atoms with E-state index in [0.29, 0.717) is 30.2 Å². The van der Waals surface area contributed by atoms with E-state index in [9.17, 15) is 9.50 Å². The molecule has 2 N–H and O–H groups in total. The van der Waals surface area contributed by atoms with Crippen molar-refractivity contribution < 1.29 is 19.0 Å². The number of aliphatic hydroxyl groups excluding tert-OH is 1. The Hall–Kier alpha value is -2.11. The smallest absolute Gasteiger partial charge is 0.124 e. The summed E-state index contributed by atoms with van der Waals surface area (Å²) in [5, 5.41) is 13.5. The van der Waals surface area contributed by atoms with Crippen molar-refractivity contribution in [1.29, 1.82) is 0 Å². The monoisotopic (exact) mass is 319 g/mol. The lowest BCUT2D eigenvalue weighted by molar-refractivity contribution is 0.169. The molecule has 5 heteroatoms. The highest BCUT2D eigenvalue weighted by Gasteiger charge is 2.14. The highest BCUT2D eigenvalue weighted by Crippen LogP contribution is 2.29. The highest BCUT2D eigenvalue weighted by atomic mass is 19.1. The first-order valence-corrected chi connectivity index (χ1v) is 7.40. The SMILES string of the molecule is COc1ccc(OC)c([C@@H](O)CNCc2cc(C)cc(F)c2)c1. The summed E-state index contributed by atoms with van der Waals surface area (Å²) in [6.07, 6.45) is -0.755. The summed E-state index contributed by atoms with van der Waals surface area (Å²) in [4.78, 5) is 0. The van der Waals surface area contributed by atoms with E-state index >= 15 is 0 Å². The molecule has 0 bridgehead atoms. The third-order valence-electron chi connectivity index (χ3n) is 3.56. The fourth-order valence-corrected chi connectivity index (χ4v) is 2.48. The fraction of sp³-hybridized carbons (Fsp3) is 0.333. The summed E-state index contributed by atoms with van der Waals surface area (Å²) in [6.45, 7) is 2.64. The van der Waals surface area contributed by atoms with Crippen LogP contribution in [0.3, 0.4) is 0 Å². The minimum absolute atomic E-state index is 0.253. The molecule has 1 atom stereocenters. The van der Waals surface area contributed by atoms with Crippen LogP contribution >= 0.6 is 0 Å². The minimum atomic E-state index is -0.755. The molecule has 0 amide bonds. The van der Waals surface area contributed by atoms with Crippen LogP contribution < -0.4 is 14.8 Å². The summed E-state index contributed by atoms with van der Waals surface area (Å²) in [5.41, 5.74) is 2.36. The molecule has 4 nitrogen and oxygen atoms in total. The molecule has 0 spiro atoms. The van der Waals surface area contributed by atoms with Gasteiger partial charge in [-0.25, -0.2) is 4.39 Å². The van der Waals surface area contributed by atoms with Crippen LogP contribution in [0.15, 0.2) is 36.4 Å². The van der Waals surface area contributed by atoms with E-state index in [0.717, 1.165) is 11.1 Å². The lowest BCUT2D eigenvalue weighted by atomic mass is 10.1. The number of methoxy groups -OCH3 is 2. The Morgan fingerprint density at radius 2 is 1.91 bits per heavy atom. The predicted molar refractivity (Wildman–Crippen MR) is 87.3 cm³/mol. The largest absolute Gasteiger partial charge is 0.497 e. The number of hydrogen-bond acceptors (Lipinski definition) is 4. The second-order valence-electron chi connectivity index (χ2n) is 5.39. The van der Waals surface area contributed by atoms with Crippen LogP contribution in [0.1, 0.15) is 22.8 Å². The number of ether oxygens (including phenoxy) is 2. The molecule has 0 unspecified atom stereocenters. The Balaban J connectivity index is 2.00. The molecule has 0 saturated heterocycles. The molecular formula is C18H22FNO3. The zero-order valence-corrected chi connectivity index (χ0v) is 13.6. The van der Waals surface area contributed by atoms with Crippen LogP contribution in [0.2, 0.25) is 0 Å². The molecule has 0 aliphatic carbocycles. The molecular weight excluding hydrogens is 297 g/mol. The first-order valence-electron chi connectivity index (χ1n) is 7.40. The first-order chi connectivity index (χ1) is 11.0. The van der Waals surface area contributed by atoms with Gasteiger partial charge in [0.15, 0.2) is 0 Å². The molecule has 2 aromatic carbocycles. The average molecular weight is 319 g/mol. The van der Waals surface area contributed by atoms with E-state index in [1.807, 2.05) is 13.0 Å². The molecule has 0 saturated carbocycles. The molecule has 2 aromatic rings. The number of nitrogens with one attached hydrogen (secondary N) is 1. The van der Waals surface area contributed by atoms with Gasteiger partial charge in [-0.05, 0) is 48.4 Å². The van der Waals surface area contributed by atoms with Gasteiger partial charge in [0.2, 0.25) is 0 Å². The Labute approximate surface area is 135 Å². The third-order valence-corrected chi connectivity index (χ3v) is 3.56. The zero-order chi connectivity index (χ0) is 16.8. The fourth-order valence-electron chi connectivity index (χ4n) is 2.48. The van der Waals surface area contributed by atoms with E-state index in [2.05, 4.69) is 5.32 Å². The van der Waals surface area contributed by atoms with Crippen LogP contribution in [0.5, 0.6) is 11.5 Å². The lowest BCUT2D eigenvalue weighted by Gasteiger charge is -2.16. The van der Waals surface area contributed by atoms with Gasteiger partial charge in [-0.1, -0.05) is 6.07 Å².